The zero-order valence-electron chi connectivity index (χ0n) is 10.9. The van der Waals surface area contributed by atoms with Gasteiger partial charge in [0.2, 0.25) is 5.91 Å². The van der Waals surface area contributed by atoms with Crippen LogP contribution in [0, 0.1) is 0 Å². The molecule has 0 saturated carbocycles. The number of nitrogens with zero attached hydrogens (tertiary/aromatic N) is 1. The topological polar surface area (TPSA) is 44.4 Å². The zero-order chi connectivity index (χ0) is 12.8. The Hall–Kier alpha value is -1.55. The molecule has 1 aromatic carbocycles. The maximum Gasteiger partial charge on any atom is 0.242 e. The van der Waals surface area contributed by atoms with Crippen LogP contribution in [-0.2, 0) is 4.79 Å². The highest BCUT2D eigenvalue weighted by molar-refractivity contribution is 5.81. The van der Waals surface area contributed by atoms with Gasteiger partial charge < -0.3 is 15.5 Å². The maximum absolute atomic E-state index is 12.1. The molecule has 4 heteroatoms. The molecule has 1 unspecified atom stereocenters. The van der Waals surface area contributed by atoms with Gasteiger partial charge in [0.05, 0.1) is 6.54 Å². The Balaban J connectivity index is 1.84. The maximum atomic E-state index is 12.1. The van der Waals surface area contributed by atoms with E-state index < -0.39 is 0 Å². The van der Waals surface area contributed by atoms with Crippen molar-refractivity contribution in [2.75, 3.05) is 32.0 Å². The summed E-state index contributed by atoms with van der Waals surface area (Å²) in [4.78, 5) is 14.1. The molecule has 1 fully saturated rings. The molecule has 0 aromatic heterocycles. The molecule has 98 valence electrons. The van der Waals surface area contributed by atoms with Crippen LogP contribution in [0.2, 0.25) is 0 Å². The number of amides is 1. The molecule has 18 heavy (non-hydrogen) atoms. The second-order valence-electron chi connectivity index (χ2n) is 4.66. The zero-order valence-corrected chi connectivity index (χ0v) is 10.9. The van der Waals surface area contributed by atoms with Gasteiger partial charge in [0.15, 0.2) is 0 Å². The quantitative estimate of drug-likeness (QED) is 0.824. The fourth-order valence-corrected chi connectivity index (χ4v) is 2.45. The van der Waals surface area contributed by atoms with E-state index in [1.54, 1.807) is 0 Å². The summed E-state index contributed by atoms with van der Waals surface area (Å²) in [7, 11) is 1.93. The Morgan fingerprint density at radius 3 is 2.89 bits per heavy atom. The van der Waals surface area contributed by atoms with Crippen molar-refractivity contribution in [1.29, 1.82) is 0 Å². The summed E-state index contributed by atoms with van der Waals surface area (Å²) in [5.74, 6) is 0.191. The summed E-state index contributed by atoms with van der Waals surface area (Å²) in [6, 6.07) is 10.2. The van der Waals surface area contributed by atoms with Crippen molar-refractivity contribution in [2.45, 2.75) is 18.9 Å². The van der Waals surface area contributed by atoms with Gasteiger partial charge in [0.25, 0.3) is 0 Å². The van der Waals surface area contributed by atoms with Crippen LogP contribution < -0.4 is 10.6 Å². The number of likely N-dealkylation sites (N-methyl/N-ethyl adjacent to an activating group) is 1. The van der Waals surface area contributed by atoms with E-state index in [0.29, 0.717) is 12.6 Å². The van der Waals surface area contributed by atoms with Gasteiger partial charge in [-0.2, -0.15) is 0 Å². The average Bonchev–Trinajstić information content (AvgIpc) is 2.86. The predicted molar refractivity (Wildman–Crippen MR) is 73.6 cm³/mol. The van der Waals surface area contributed by atoms with E-state index in [1.807, 2.05) is 42.3 Å². The van der Waals surface area contributed by atoms with Crippen molar-refractivity contribution in [3.05, 3.63) is 30.3 Å². The number of carbonyl (C=O) groups is 1. The fraction of sp³-hybridized carbons (Fsp3) is 0.500. The number of benzene rings is 1. The minimum atomic E-state index is 0.191. The van der Waals surface area contributed by atoms with Crippen LogP contribution in [0.1, 0.15) is 12.8 Å². The molecule has 0 radical (unpaired) electrons. The van der Waals surface area contributed by atoms with E-state index in [2.05, 4.69) is 10.6 Å². The first-order valence-corrected chi connectivity index (χ1v) is 6.54. The third-order valence-corrected chi connectivity index (χ3v) is 3.35. The summed E-state index contributed by atoms with van der Waals surface area (Å²) >= 11 is 0. The summed E-state index contributed by atoms with van der Waals surface area (Å²) in [6.45, 7) is 2.16. The first kappa shape index (κ1) is 12.9. The molecule has 2 rings (SSSR count). The van der Waals surface area contributed by atoms with Crippen molar-refractivity contribution in [3.63, 3.8) is 0 Å². The molecule has 4 nitrogen and oxygen atoms in total. The Kier molecular flexibility index (Phi) is 4.59. The molecule has 2 N–H and O–H groups in total. The van der Waals surface area contributed by atoms with Crippen molar-refractivity contribution in [2.24, 2.45) is 0 Å². The van der Waals surface area contributed by atoms with Crippen molar-refractivity contribution >= 4 is 11.6 Å². The minimum Gasteiger partial charge on any atom is -0.376 e. The number of hydrogen-bond acceptors (Lipinski definition) is 3. The number of rotatable bonds is 5. The fourth-order valence-electron chi connectivity index (χ4n) is 2.45. The minimum absolute atomic E-state index is 0.191. The van der Waals surface area contributed by atoms with Crippen molar-refractivity contribution in [3.8, 4) is 0 Å². The lowest BCUT2D eigenvalue weighted by Crippen LogP contribution is -2.43. The average molecular weight is 247 g/mol. The van der Waals surface area contributed by atoms with Gasteiger partial charge >= 0.3 is 0 Å². The lowest BCUT2D eigenvalue weighted by Gasteiger charge is -2.24. The molecule has 1 heterocycles. The van der Waals surface area contributed by atoms with Crippen LogP contribution in [0.15, 0.2) is 30.3 Å². The Bertz CT molecular complexity index is 380. The molecule has 1 saturated heterocycles. The molecule has 1 aromatic rings. The lowest BCUT2D eigenvalue weighted by molar-refractivity contribution is -0.130. The van der Waals surface area contributed by atoms with E-state index in [0.717, 1.165) is 31.6 Å². The van der Waals surface area contributed by atoms with Gasteiger partial charge in [-0.25, -0.2) is 0 Å². The molecule has 0 spiro atoms. The monoisotopic (exact) mass is 247 g/mol. The highest BCUT2D eigenvalue weighted by atomic mass is 16.2. The normalized spacial score (nSPS) is 18.9. The van der Waals surface area contributed by atoms with Gasteiger partial charge in [-0.15, -0.1) is 0 Å². The van der Waals surface area contributed by atoms with Crippen LogP contribution in [0.5, 0.6) is 0 Å². The van der Waals surface area contributed by atoms with Gasteiger partial charge in [-0.1, -0.05) is 18.2 Å². The molecule has 1 atom stereocenters. The van der Waals surface area contributed by atoms with Crippen LogP contribution in [0.4, 0.5) is 5.69 Å². The standard InChI is InChI=1S/C14H21N3O/c1-15-10-13-8-5-9-17(13)14(18)11-16-12-6-3-2-4-7-12/h2-4,6-7,13,15-16H,5,8-11H2,1H3. The number of hydrogen-bond donors (Lipinski definition) is 2. The van der Waals surface area contributed by atoms with Crippen molar-refractivity contribution < 1.29 is 4.79 Å². The van der Waals surface area contributed by atoms with Crippen molar-refractivity contribution in [1.82, 2.24) is 10.2 Å². The second-order valence-corrected chi connectivity index (χ2v) is 4.66. The largest absolute Gasteiger partial charge is 0.376 e. The predicted octanol–water partition coefficient (Wildman–Crippen LogP) is 1.31. The van der Waals surface area contributed by atoms with E-state index in [1.165, 1.54) is 0 Å². The van der Waals surface area contributed by atoms with E-state index in [-0.39, 0.29) is 5.91 Å². The van der Waals surface area contributed by atoms with Gasteiger partial charge in [0, 0.05) is 24.8 Å². The van der Waals surface area contributed by atoms with Gasteiger partial charge in [-0.05, 0) is 32.0 Å². The highest BCUT2D eigenvalue weighted by Crippen LogP contribution is 2.16. The first-order valence-electron chi connectivity index (χ1n) is 6.54. The number of para-hydroxylation sites is 1. The number of carbonyl (C=O) groups excluding carboxylic acids is 1. The summed E-state index contributed by atoms with van der Waals surface area (Å²) < 4.78 is 0. The molecule has 1 aliphatic heterocycles. The number of likely N-dealkylation sites (tertiary alicyclic amines) is 1. The van der Waals surface area contributed by atoms with E-state index >= 15 is 0 Å². The Morgan fingerprint density at radius 2 is 2.17 bits per heavy atom. The third kappa shape index (κ3) is 3.23. The summed E-state index contributed by atoms with van der Waals surface area (Å²) in [5.41, 5.74) is 0.996. The third-order valence-electron chi connectivity index (χ3n) is 3.35. The number of anilines is 1. The molecular weight excluding hydrogens is 226 g/mol. The molecular formula is C14H21N3O. The SMILES string of the molecule is CNCC1CCCN1C(=O)CNc1ccccc1. The Labute approximate surface area is 108 Å². The molecule has 1 aliphatic rings. The first-order chi connectivity index (χ1) is 8.81. The Morgan fingerprint density at radius 1 is 1.39 bits per heavy atom. The molecule has 0 bridgehead atoms. The van der Waals surface area contributed by atoms with Gasteiger partial charge in [-0.3, -0.25) is 4.79 Å². The van der Waals surface area contributed by atoms with E-state index in [9.17, 15) is 4.79 Å². The highest BCUT2D eigenvalue weighted by Gasteiger charge is 2.27. The second kappa shape index (κ2) is 6.40. The summed E-state index contributed by atoms with van der Waals surface area (Å²) in [6.07, 6.45) is 2.22. The molecule has 0 aliphatic carbocycles. The van der Waals surface area contributed by atoms with Crippen LogP contribution >= 0.6 is 0 Å². The number of nitrogens with one attached hydrogen (secondary N) is 2. The lowest BCUT2D eigenvalue weighted by atomic mass is 10.2. The van der Waals surface area contributed by atoms with Crippen LogP contribution in [0.3, 0.4) is 0 Å². The smallest absolute Gasteiger partial charge is 0.242 e. The summed E-state index contributed by atoms with van der Waals surface area (Å²) in [5, 5.41) is 6.33. The van der Waals surface area contributed by atoms with Crippen LogP contribution in [0.25, 0.3) is 0 Å². The molecule has 1 amide bonds. The van der Waals surface area contributed by atoms with Crippen LogP contribution in [-0.4, -0.2) is 43.5 Å². The van der Waals surface area contributed by atoms with E-state index in [4.69, 9.17) is 0 Å². The van der Waals surface area contributed by atoms with Gasteiger partial charge in [0.1, 0.15) is 0 Å².